The van der Waals surface area contributed by atoms with Crippen molar-refractivity contribution in [1.29, 1.82) is 5.26 Å². The van der Waals surface area contributed by atoms with Gasteiger partial charge in [-0.1, -0.05) is 46.3 Å². The van der Waals surface area contributed by atoms with E-state index in [0.717, 1.165) is 10.0 Å². The molecular weight excluding hydrogens is 360 g/mol. The van der Waals surface area contributed by atoms with Crippen molar-refractivity contribution in [2.75, 3.05) is 0 Å². The number of fused-ring (bicyclic) bond motifs is 2. The van der Waals surface area contributed by atoms with Crippen LogP contribution in [0.25, 0.3) is 32.9 Å². The monoisotopic (exact) mass is 373 g/mol. The first kappa shape index (κ1) is 14.9. The molecule has 0 spiro atoms. The van der Waals surface area contributed by atoms with Crippen LogP contribution in [0, 0.1) is 11.3 Å². The second-order valence-corrected chi connectivity index (χ2v) is 6.63. The van der Waals surface area contributed by atoms with Crippen LogP contribution in [0.3, 0.4) is 0 Å². The van der Waals surface area contributed by atoms with Gasteiger partial charge in [0.2, 0.25) is 11.0 Å². The van der Waals surface area contributed by atoms with Gasteiger partial charge in [-0.05, 0) is 29.8 Å². The lowest BCUT2D eigenvalue weighted by Gasteiger charge is -2.12. The van der Waals surface area contributed by atoms with Crippen LogP contribution in [0.15, 0.2) is 71.2 Å². The van der Waals surface area contributed by atoms with Gasteiger partial charge in [-0.2, -0.15) is 9.83 Å². The molecule has 0 saturated carbocycles. The average Bonchev–Trinajstić information content (AvgIpc) is 2.63. The van der Waals surface area contributed by atoms with Gasteiger partial charge in [0, 0.05) is 22.2 Å². The van der Waals surface area contributed by atoms with Crippen molar-refractivity contribution in [3.05, 3.63) is 76.8 Å². The second kappa shape index (κ2) is 5.74. The quantitative estimate of drug-likeness (QED) is 0.336. The van der Waals surface area contributed by atoms with E-state index in [2.05, 4.69) is 82.1 Å². The Labute approximate surface area is 148 Å². The van der Waals surface area contributed by atoms with E-state index in [1.165, 1.54) is 27.4 Å². The standard InChI is InChI=1S/C21H14BrN2/c1-24-19-8-4-2-6-16(19)21(17-7-3-5-9-20(17)24)15-11-10-14(13-23)12-18(15)22/h2-12H,1H3/q+1. The SMILES string of the molecule is C[n+]1c2ccccc2c(-c2ccc(C#N)cc2Br)c2ccccc21. The Morgan fingerprint density at radius 3 is 2.00 bits per heavy atom. The molecule has 1 aromatic heterocycles. The fourth-order valence-corrected chi connectivity index (χ4v) is 3.88. The summed E-state index contributed by atoms with van der Waals surface area (Å²) in [5.41, 5.74) is 5.31. The summed E-state index contributed by atoms with van der Waals surface area (Å²) in [5, 5.41) is 11.5. The van der Waals surface area contributed by atoms with Gasteiger partial charge in [0.05, 0.1) is 22.4 Å². The summed E-state index contributed by atoms with van der Waals surface area (Å²) in [6, 6.07) is 24.8. The third kappa shape index (κ3) is 2.19. The smallest absolute Gasteiger partial charge is 0.194 e. The van der Waals surface area contributed by atoms with Gasteiger partial charge in [-0.3, -0.25) is 0 Å². The first-order valence-corrected chi connectivity index (χ1v) is 8.49. The Kier molecular flexibility index (Phi) is 3.55. The number of pyridine rings is 1. The van der Waals surface area contributed by atoms with Crippen LogP contribution in [0.4, 0.5) is 0 Å². The van der Waals surface area contributed by atoms with Crippen molar-refractivity contribution >= 4 is 37.7 Å². The summed E-state index contributed by atoms with van der Waals surface area (Å²) in [4.78, 5) is 0. The van der Waals surface area contributed by atoms with E-state index >= 15 is 0 Å². The van der Waals surface area contributed by atoms with Crippen molar-refractivity contribution in [1.82, 2.24) is 0 Å². The highest BCUT2D eigenvalue weighted by Gasteiger charge is 2.19. The van der Waals surface area contributed by atoms with Crippen LogP contribution in [0.2, 0.25) is 0 Å². The maximum absolute atomic E-state index is 9.13. The van der Waals surface area contributed by atoms with Crippen LogP contribution < -0.4 is 4.57 Å². The minimum atomic E-state index is 0.653. The average molecular weight is 374 g/mol. The number of aryl methyl sites for hydroxylation is 1. The molecule has 1 heterocycles. The zero-order chi connectivity index (χ0) is 16.7. The van der Waals surface area contributed by atoms with Gasteiger partial charge in [0.1, 0.15) is 7.05 Å². The maximum atomic E-state index is 9.13. The minimum absolute atomic E-state index is 0.653. The van der Waals surface area contributed by atoms with E-state index < -0.39 is 0 Å². The molecule has 2 nitrogen and oxygen atoms in total. The molecular formula is C21H14BrN2+. The Balaban J connectivity index is 2.22. The van der Waals surface area contributed by atoms with Crippen LogP contribution >= 0.6 is 15.9 Å². The molecule has 0 fully saturated rings. The molecule has 3 heteroatoms. The molecule has 4 aromatic rings. The van der Waals surface area contributed by atoms with Crippen molar-refractivity contribution in [3.63, 3.8) is 0 Å². The van der Waals surface area contributed by atoms with Gasteiger partial charge >= 0.3 is 0 Å². The number of nitriles is 1. The largest absolute Gasteiger partial charge is 0.213 e. The third-order valence-electron chi connectivity index (χ3n) is 4.44. The molecule has 0 aliphatic carbocycles. The fourth-order valence-electron chi connectivity index (χ4n) is 3.31. The number of aromatic nitrogens is 1. The third-order valence-corrected chi connectivity index (χ3v) is 5.09. The number of nitrogens with zero attached hydrogens (tertiary/aromatic N) is 2. The number of rotatable bonds is 1. The van der Waals surface area contributed by atoms with Gasteiger partial charge in [-0.15, -0.1) is 0 Å². The molecule has 3 aromatic carbocycles. The molecule has 24 heavy (non-hydrogen) atoms. The number of halogens is 1. The zero-order valence-electron chi connectivity index (χ0n) is 13.1. The summed E-state index contributed by atoms with van der Waals surface area (Å²) < 4.78 is 3.16. The van der Waals surface area contributed by atoms with Gasteiger partial charge < -0.3 is 0 Å². The Morgan fingerprint density at radius 1 is 0.875 bits per heavy atom. The highest BCUT2D eigenvalue weighted by Crippen LogP contribution is 2.37. The predicted molar refractivity (Wildman–Crippen MR) is 100 cm³/mol. The lowest BCUT2D eigenvalue weighted by atomic mass is 9.95. The minimum Gasteiger partial charge on any atom is -0.194 e. The predicted octanol–water partition coefficient (Wildman–Crippen LogP) is 5.12. The fraction of sp³-hybridized carbons (Fsp3) is 0.0476. The van der Waals surface area contributed by atoms with Crippen molar-refractivity contribution < 1.29 is 4.57 Å². The molecule has 0 aliphatic heterocycles. The molecule has 0 saturated heterocycles. The summed E-state index contributed by atoms with van der Waals surface area (Å²) in [6.45, 7) is 0. The second-order valence-electron chi connectivity index (χ2n) is 5.77. The van der Waals surface area contributed by atoms with Crippen LogP contribution in [0.5, 0.6) is 0 Å². The first-order chi connectivity index (χ1) is 11.7. The normalized spacial score (nSPS) is 10.9. The summed E-state index contributed by atoms with van der Waals surface area (Å²) >= 11 is 3.66. The van der Waals surface area contributed by atoms with E-state index in [9.17, 15) is 0 Å². The Hall–Kier alpha value is -2.70. The topological polar surface area (TPSA) is 27.7 Å². The van der Waals surface area contributed by atoms with Crippen molar-refractivity contribution in [3.8, 4) is 17.2 Å². The molecule has 114 valence electrons. The maximum Gasteiger partial charge on any atom is 0.213 e. The highest BCUT2D eigenvalue weighted by atomic mass is 79.9. The molecule has 4 rings (SSSR count). The summed E-state index contributed by atoms with van der Waals surface area (Å²) in [6.07, 6.45) is 0. The first-order valence-electron chi connectivity index (χ1n) is 7.70. The Bertz CT molecular complexity index is 1080. The molecule has 0 radical (unpaired) electrons. The molecule has 0 aliphatic rings. The van der Waals surface area contributed by atoms with Gasteiger partial charge in [0.25, 0.3) is 0 Å². The molecule has 0 bridgehead atoms. The number of benzene rings is 3. The lowest BCUT2D eigenvalue weighted by Crippen LogP contribution is -2.30. The summed E-state index contributed by atoms with van der Waals surface area (Å²) in [7, 11) is 2.10. The molecule has 0 atom stereocenters. The molecule has 0 amide bonds. The Morgan fingerprint density at radius 2 is 1.46 bits per heavy atom. The van der Waals surface area contributed by atoms with E-state index in [1.807, 2.05) is 18.2 Å². The van der Waals surface area contributed by atoms with Crippen LogP contribution in [0.1, 0.15) is 5.56 Å². The number of hydrogen-bond donors (Lipinski definition) is 0. The zero-order valence-corrected chi connectivity index (χ0v) is 14.7. The molecule has 0 unspecified atom stereocenters. The van der Waals surface area contributed by atoms with E-state index in [1.54, 1.807) is 0 Å². The van der Waals surface area contributed by atoms with E-state index in [0.29, 0.717) is 5.56 Å². The summed E-state index contributed by atoms with van der Waals surface area (Å²) in [5.74, 6) is 0. The van der Waals surface area contributed by atoms with E-state index in [-0.39, 0.29) is 0 Å². The van der Waals surface area contributed by atoms with Crippen molar-refractivity contribution in [2.45, 2.75) is 0 Å². The van der Waals surface area contributed by atoms with E-state index in [4.69, 9.17) is 5.26 Å². The van der Waals surface area contributed by atoms with Gasteiger partial charge in [-0.25, -0.2) is 0 Å². The van der Waals surface area contributed by atoms with Crippen LogP contribution in [-0.2, 0) is 7.05 Å². The van der Waals surface area contributed by atoms with Crippen LogP contribution in [-0.4, -0.2) is 0 Å². The highest BCUT2D eigenvalue weighted by molar-refractivity contribution is 9.10. The number of para-hydroxylation sites is 2. The van der Waals surface area contributed by atoms with Gasteiger partial charge in [0.15, 0.2) is 0 Å². The molecule has 0 N–H and O–H groups in total. The lowest BCUT2D eigenvalue weighted by molar-refractivity contribution is -0.617. The number of hydrogen-bond acceptors (Lipinski definition) is 1. The van der Waals surface area contributed by atoms with Crippen molar-refractivity contribution in [2.24, 2.45) is 7.05 Å².